The summed E-state index contributed by atoms with van der Waals surface area (Å²) >= 11 is 0. The van der Waals surface area contributed by atoms with E-state index in [2.05, 4.69) is 5.32 Å². The summed E-state index contributed by atoms with van der Waals surface area (Å²) in [5.41, 5.74) is 0.569. The van der Waals surface area contributed by atoms with Gasteiger partial charge in [0.1, 0.15) is 5.75 Å². The molecule has 0 spiro atoms. The smallest absolute Gasteiger partial charge is 0.255 e. The van der Waals surface area contributed by atoms with E-state index < -0.39 is 0 Å². The molecule has 0 aliphatic heterocycles. The number of carbonyl (C=O) groups is 1. The molecule has 0 saturated heterocycles. The van der Waals surface area contributed by atoms with E-state index in [4.69, 9.17) is 4.74 Å². The first-order valence-corrected chi connectivity index (χ1v) is 6.38. The molecule has 0 radical (unpaired) electrons. The van der Waals surface area contributed by atoms with Crippen LogP contribution in [0.25, 0.3) is 0 Å². The Morgan fingerprint density at radius 1 is 1.44 bits per heavy atom. The summed E-state index contributed by atoms with van der Waals surface area (Å²) < 4.78 is 5.42. The average Bonchev–Trinajstić information content (AvgIpc) is 2.34. The van der Waals surface area contributed by atoms with E-state index in [0.717, 1.165) is 12.8 Å². The number of amides is 1. The molecule has 0 atom stereocenters. The van der Waals surface area contributed by atoms with Gasteiger partial charge in [-0.25, -0.2) is 0 Å². The molecule has 1 aromatic rings. The van der Waals surface area contributed by atoms with Crippen LogP contribution in [-0.2, 0) is 0 Å². The van der Waals surface area contributed by atoms with E-state index >= 15 is 0 Å². The summed E-state index contributed by atoms with van der Waals surface area (Å²) in [6.45, 7) is 3.06. The minimum Gasteiger partial charge on any atom is -0.493 e. The number of benzene rings is 1. The average molecular weight is 249 g/mol. The number of hydrogen-bond donors (Lipinski definition) is 2. The van der Waals surface area contributed by atoms with Crippen LogP contribution in [0.1, 0.15) is 30.1 Å². The molecule has 1 aliphatic carbocycles. The number of aliphatic hydroxyl groups is 1. The zero-order valence-corrected chi connectivity index (χ0v) is 10.6. The van der Waals surface area contributed by atoms with Crippen LogP contribution in [0.2, 0.25) is 0 Å². The molecule has 0 unspecified atom stereocenters. The Kier molecular flexibility index (Phi) is 4.20. The van der Waals surface area contributed by atoms with Crippen molar-refractivity contribution < 1.29 is 14.6 Å². The van der Waals surface area contributed by atoms with Crippen LogP contribution < -0.4 is 10.1 Å². The van der Waals surface area contributed by atoms with E-state index in [9.17, 15) is 9.90 Å². The Balaban J connectivity index is 1.91. The molecule has 1 saturated carbocycles. The molecule has 1 fully saturated rings. The lowest BCUT2D eigenvalue weighted by Gasteiger charge is -2.31. The van der Waals surface area contributed by atoms with Gasteiger partial charge in [-0.1, -0.05) is 12.1 Å². The van der Waals surface area contributed by atoms with E-state index in [1.165, 1.54) is 0 Å². The van der Waals surface area contributed by atoms with Crippen LogP contribution in [0.4, 0.5) is 0 Å². The first-order chi connectivity index (χ1) is 8.70. The normalized spacial score (nSPS) is 22.1. The zero-order valence-electron chi connectivity index (χ0n) is 10.6. The Hall–Kier alpha value is -1.55. The standard InChI is InChI=1S/C14H19NO3/c1-2-18-13-6-4-3-5-12(13)14(17)15-9-10-7-11(16)8-10/h3-6,10-11,16H,2,7-9H2,1H3,(H,15,17). The zero-order chi connectivity index (χ0) is 13.0. The number of aliphatic hydroxyl groups excluding tert-OH is 1. The van der Waals surface area contributed by atoms with Gasteiger partial charge in [0, 0.05) is 6.54 Å². The molecule has 1 aromatic carbocycles. The third-order valence-corrected chi connectivity index (χ3v) is 3.19. The predicted octanol–water partition coefficient (Wildman–Crippen LogP) is 1.59. The van der Waals surface area contributed by atoms with Gasteiger partial charge in [-0.2, -0.15) is 0 Å². The second-order valence-electron chi connectivity index (χ2n) is 4.63. The fourth-order valence-corrected chi connectivity index (χ4v) is 2.14. The molecule has 2 rings (SSSR count). The molecular weight excluding hydrogens is 230 g/mol. The molecule has 18 heavy (non-hydrogen) atoms. The number of nitrogens with one attached hydrogen (secondary N) is 1. The van der Waals surface area contributed by atoms with Gasteiger partial charge >= 0.3 is 0 Å². The number of rotatable bonds is 5. The third kappa shape index (κ3) is 3.01. The molecule has 4 nitrogen and oxygen atoms in total. The van der Waals surface area contributed by atoms with Gasteiger partial charge in [0.15, 0.2) is 0 Å². The van der Waals surface area contributed by atoms with E-state index in [1.54, 1.807) is 12.1 Å². The minimum atomic E-state index is -0.178. The molecule has 98 valence electrons. The van der Waals surface area contributed by atoms with Crippen LogP contribution in [0, 0.1) is 5.92 Å². The molecule has 1 amide bonds. The summed E-state index contributed by atoms with van der Waals surface area (Å²) in [5, 5.41) is 12.1. The highest BCUT2D eigenvalue weighted by Crippen LogP contribution is 2.26. The fraction of sp³-hybridized carbons (Fsp3) is 0.500. The molecule has 2 N–H and O–H groups in total. The maximum Gasteiger partial charge on any atom is 0.255 e. The summed E-state index contributed by atoms with van der Waals surface area (Å²) in [6.07, 6.45) is 1.39. The Bertz CT molecular complexity index is 413. The second kappa shape index (κ2) is 5.87. The van der Waals surface area contributed by atoms with Crippen molar-refractivity contribution in [2.75, 3.05) is 13.2 Å². The predicted molar refractivity (Wildman–Crippen MR) is 68.7 cm³/mol. The highest BCUT2D eigenvalue weighted by Gasteiger charge is 2.27. The number of para-hydroxylation sites is 1. The van der Waals surface area contributed by atoms with Gasteiger partial charge < -0.3 is 15.2 Å². The van der Waals surface area contributed by atoms with Crippen molar-refractivity contribution in [3.63, 3.8) is 0 Å². The largest absolute Gasteiger partial charge is 0.493 e. The number of carbonyl (C=O) groups excluding carboxylic acids is 1. The van der Waals surface area contributed by atoms with Gasteiger partial charge in [0.2, 0.25) is 0 Å². The van der Waals surface area contributed by atoms with Gasteiger partial charge in [0.05, 0.1) is 18.3 Å². The molecule has 1 aliphatic rings. The summed E-state index contributed by atoms with van der Waals surface area (Å²) in [4.78, 5) is 12.0. The van der Waals surface area contributed by atoms with Crippen molar-refractivity contribution in [1.82, 2.24) is 5.32 Å². The lowest BCUT2D eigenvalue weighted by atomic mass is 9.82. The van der Waals surface area contributed by atoms with Crippen LogP contribution in [0.15, 0.2) is 24.3 Å². The topological polar surface area (TPSA) is 58.6 Å². The van der Waals surface area contributed by atoms with Crippen LogP contribution in [-0.4, -0.2) is 30.3 Å². The van der Waals surface area contributed by atoms with E-state index in [1.807, 2.05) is 19.1 Å². The lowest BCUT2D eigenvalue weighted by molar-refractivity contribution is 0.0420. The highest BCUT2D eigenvalue weighted by molar-refractivity contribution is 5.96. The van der Waals surface area contributed by atoms with Gasteiger partial charge in [-0.15, -0.1) is 0 Å². The third-order valence-electron chi connectivity index (χ3n) is 3.19. The number of ether oxygens (including phenoxy) is 1. The quantitative estimate of drug-likeness (QED) is 0.833. The molecular formula is C14H19NO3. The van der Waals surface area contributed by atoms with Crippen molar-refractivity contribution in [3.05, 3.63) is 29.8 Å². The monoisotopic (exact) mass is 249 g/mol. The van der Waals surface area contributed by atoms with E-state index in [0.29, 0.717) is 30.4 Å². The first-order valence-electron chi connectivity index (χ1n) is 6.38. The lowest BCUT2D eigenvalue weighted by Crippen LogP contribution is -2.38. The highest BCUT2D eigenvalue weighted by atomic mass is 16.5. The SMILES string of the molecule is CCOc1ccccc1C(=O)NCC1CC(O)C1. The second-order valence-corrected chi connectivity index (χ2v) is 4.63. The molecule has 0 aromatic heterocycles. The Morgan fingerprint density at radius 3 is 2.83 bits per heavy atom. The summed E-state index contributed by atoms with van der Waals surface area (Å²) in [7, 11) is 0. The molecule has 4 heteroatoms. The Labute approximate surface area is 107 Å². The van der Waals surface area contributed by atoms with Crippen molar-refractivity contribution in [3.8, 4) is 5.75 Å². The minimum absolute atomic E-state index is 0.111. The first kappa shape index (κ1) is 12.9. The van der Waals surface area contributed by atoms with Crippen molar-refractivity contribution in [2.45, 2.75) is 25.9 Å². The van der Waals surface area contributed by atoms with Gasteiger partial charge in [-0.3, -0.25) is 4.79 Å². The fourth-order valence-electron chi connectivity index (χ4n) is 2.14. The van der Waals surface area contributed by atoms with Gasteiger partial charge in [-0.05, 0) is 37.8 Å². The molecule has 0 heterocycles. The van der Waals surface area contributed by atoms with Crippen LogP contribution >= 0.6 is 0 Å². The van der Waals surface area contributed by atoms with Crippen LogP contribution in [0.5, 0.6) is 5.75 Å². The molecule has 0 bridgehead atoms. The maximum absolute atomic E-state index is 12.0. The van der Waals surface area contributed by atoms with Crippen molar-refractivity contribution in [1.29, 1.82) is 0 Å². The number of hydrogen-bond acceptors (Lipinski definition) is 3. The summed E-state index contributed by atoms with van der Waals surface area (Å²) in [6, 6.07) is 7.23. The van der Waals surface area contributed by atoms with E-state index in [-0.39, 0.29) is 12.0 Å². The van der Waals surface area contributed by atoms with Crippen molar-refractivity contribution in [2.24, 2.45) is 5.92 Å². The summed E-state index contributed by atoms with van der Waals surface area (Å²) in [5.74, 6) is 0.912. The van der Waals surface area contributed by atoms with Gasteiger partial charge in [0.25, 0.3) is 5.91 Å². The van der Waals surface area contributed by atoms with Crippen LogP contribution in [0.3, 0.4) is 0 Å². The van der Waals surface area contributed by atoms with Crippen molar-refractivity contribution >= 4 is 5.91 Å². The maximum atomic E-state index is 12.0. The Morgan fingerprint density at radius 2 is 2.17 bits per heavy atom.